The van der Waals surface area contributed by atoms with Crippen molar-refractivity contribution >= 4 is 0 Å². The summed E-state index contributed by atoms with van der Waals surface area (Å²) in [6.07, 6.45) is 24.7. The van der Waals surface area contributed by atoms with E-state index in [1.807, 2.05) is 48.5 Å². The summed E-state index contributed by atoms with van der Waals surface area (Å²) in [6.45, 7) is 14.2. The van der Waals surface area contributed by atoms with E-state index in [2.05, 4.69) is 90.1 Å². The Balaban J connectivity index is 0.000000272. The molecule has 0 bridgehead atoms. The number of hydrogen-bond donors (Lipinski definition) is 0. The Morgan fingerprint density at radius 3 is 1.03 bits per heavy atom. The van der Waals surface area contributed by atoms with E-state index in [4.69, 9.17) is 9.47 Å². The van der Waals surface area contributed by atoms with Crippen LogP contribution in [0.3, 0.4) is 0 Å². The molecule has 0 N–H and O–H groups in total. The lowest BCUT2D eigenvalue weighted by Crippen LogP contribution is -2.03. The lowest BCUT2D eigenvalue weighted by Gasteiger charge is -2.12. The summed E-state index contributed by atoms with van der Waals surface area (Å²) in [6, 6.07) is 38.9. The predicted molar refractivity (Wildman–Crippen MR) is 302 cm³/mol. The summed E-state index contributed by atoms with van der Waals surface area (Å²) < 4.78 is 70.3. The van der Waals surface area contributed by atoms with Gasteiger partial charge in [0.15, 0.2) is 23.1 Å². The molecule has 6 aromatic carbocycles. The van der Waals surface area contributed by atoms with Gasteiger partial charge in [-0.05, 0) is 132 Å². The van der Waals surface area contributed by atoms with E-state index in [1.165, 1.54) is 94.6 Å². The van der Waals surface area contributed by atoms with Crippen molar-refractivity contribution < 1.29 is 27.0 Å². The van der Waals surface area contributed by atoms with Crippen molar-refractivity contribution in [3.8, 4) is 56.0 Å². The minimum absolute atomic E-state index is 0.00877. The normalized spacial score (nSPS) is 12.0. The zero-order valence-electron chi connectivity index (χ0n) is 45.3. The lowest BCUT2D eigenvalue weighted by molar-refractivity contribution is 0.281. The topological polar surface area (TPSA) is 18.5 Å². The predicted octanol–water partition coefficient (Wildman–Crippen LogP) is 21.2. The molecule has 0 aliphatic rings. The fraction of sp³-hybridized carbons (Fsp3) is 0.463. The number of halogens is 4. The van der Waals surface area contributed by atoms with Gasteiger partial charge in [-0.3, -0.25) is 0 Å². The highest BCUT2D eigenvalue weighted by Gasteiger charge is 2.18. The first-order chi connectivity index (χ1) is 35.6. The van der Waals surface area contributed by atoms with Gasteiger partial charge in [0.1, 0.15) is 0 Å². The summed E-state index contributed by atoms with van der Waals surface area (Å²) in [5.74, 6) is -2.15. The van der Waals surface area contributed by atoms with E-state index >= 15 is 0 Å². The van der Waals surface area contributed by atoms with Crippen molar-refractivity contribution in [1.82, 2.24) is 0 Å². The summed E-state index contributed by atoms with van der Waals surface area (Å²) in [7, 11) is 0. The largest absolute Gasteiger partial charge is 0.490 e. The number of rotatable bonds is 31. The third kappa shape index (κ3) is 19.5. The highest BCUT2D eigenvalue weighted by atomic mass is 19.2. The SMILES string of the molecule is CCCCCCCCc1ccc(-c2ccc(-c3ccc(OCCCCC(C)CCC)c(F)c3F)cc2)cc1.CCCCCc1ccc(-c2ccc(-c3ccc(OCCCCC(C)CCC)c(F)c3F)cc2)cc1. The first kappa shape index (κ1) is 58.5. The highest BCUT2D eigenvalue weighted by Crippen LogP contribution is 2.34. The molecule has 6 heteroatoms. The maximum atomic E-state index is 14.9. The minimum Gasteiger partial charge on any atom is -0.490 e. The molecule has 0 spiro atoms. The van der Waals surface area contributed by atoms with Crippen LogP contribution in [0.15, 0.2) is 121 Å². The van der Waals surface area contributed by atoms with Gasteiger partial charge in [-0.25, -0.2) is 8.78 Å². The molecule has 2 atom stereocenters. The second-order valence-corrected chi connectivity index (χ2v) is 20.5. The minimum atomic E-state index is -0.912. The smallest absolute Gasteiger partial charge is 0.201 e. The van der Waals surface area contributed by atoms with Gasteiger partial charge < -0.3 is 9.47 Å². The van der Waals surface area contributed by atoms with Crippen molar-refractivity contribution in [2.75, 3.05) is 13.2 Å². The average molecular weight is 999 g/mol. The molecule has 0 aliphatic heterocycles. The molecule has 0 radical (unpaired) electrons. The van der Waals surface area contributed by atoms with Gasteiger partial charge in [0.05, 0.1) is 13.2 Å². The Hall–Kier alpha value is -5.36. The van der Waals surface area contributed by atoms with Crippen LogP contribution in [0.2, 0.25) is 0 Å². The van der Waals surface area contributed by atoms with Crippen molar-refractivity contribution in [3.05, 3.63) is 156 Å². The highest BCUT2D eigenvalue weighted by molar-refractivity contribution is 5.73. The number of benzene rings is 6. The van der Waals surface area contributed by atoms with Gasteiger partial charge in [0, 0.05) is 11.1 Å². The summed E-state index contributed by atoms with van der Waals surface area (Å²) in [5.41, 5.74) is 8.90. The van der Waals surface area contributed by atoms with Gasteiger partial charge in [0.2, 0.25) is 11.6 Å². The Kier molecular flexibility index (Phi) is 26.3. The van der Waals surface area contributed by atoms with Crippen molar-refractivity contribution in [1.29, 1.82) is 0 Å². The molecule has 0 aromatic heterocycles. The first-order valence-electron chi connectivity index (χ1n) is 28.2. The molecule has 2 nitrogen and oxygen atoms in total. The molecule has 0 amide bonds. The van der Waals surface area contributed by atoms with Gasteiger partial charge in [-0.1, -0.05) is 222 Å². The number of unbranched alkanes of at least 4 members (excludes halogenated alkanes) is 9. The van der Waals surface area contributed by atoms with Crippen molar-refractivity contribution in [2.45, 2.75) is 176 Å². The monoisotopic (exact) mass is 999 g/mol. The third-order valence-electron chi connectivity index (χ3n) is 14.2. The van der Waals surface area contributed by atoms with Gasteiger partial charge in [-0.15, -0.1) is 0 Å². The van der Waals surface area contributed by atoms with Gasteiger partial charge in [0.25, 0.3) is 0 Å². The van der Waals surface area contributed by atoms with Crippen LogP contribution >= 0.6 is 0 Å². The molecule has 0 aliphatic carbocycles. The number of aryl methyl sites for hydroxylation is 2. The first-order valence-corrected chi connectivity index (χ1v) is 28.2. The Morgan fingerprint density at radius 1 is 0.315 bits per heavy atom. The number of hydrogen-bond acceptors (Lipinski definition) is 2. The molecule has 394 valence electrons. The van der Waals surface area contributed by atoms with Gasteiger partial charge in [-0.2, -0.15) is 8.78 Å². The molecular formula is C67H86F4O2. The van der Waals surface area contributed by atoms with E-state index < -0.39 is 23.3 Å². The van der Waals surface area contributed by atoms with Crippen LogP contribution in [-0.4, -0.2) is 13.2 Å². The molecule has 73 heavy (non-hydrogen) atoms. The maximum Gasteiger partial charge on any atom is 0.201 e. The molecule has 0 saturated carbocycles. The standard InChI is InChI=1S/C35H46F2O.C32H40F2O/c1-4-6-7-8-9-10-15-28-16-18-29(19-17-28)30-20-22-31(23-21-30)32-24-25-33(35(37)34(32)36)38-26-12-11-14-27(3)13-5-2;1-4-6-7-12-25-13-15-26(16-14-25)27-17-19-28(20-18-27)29-21-22-30(32(34)31(29)33)35-23-9-8-11-24(3)10-5-2/h16-25,27H,4-15,26H2,1-3H3;13-22,24H,4-12,23H2,1-3H3. The molecule has 6 aromatic rings. The van der Waals surface area contributed by atoms with Crippen LogP contribution in [0.1, 0.15) is 175 Å². The van der Waals surface area contributed by atoms with Gasteiger partial charge >= 0.3 is 0 Å². The van der Waals surface area contributed by atoms with E-state index in [0.29, 0.717) is 36.2 Å². The Bertz CT molecular complexity index is 2440. The Labute approximate surface area is 438 Å². The quantitative estimate of drug-likeness (QED) is 0.0319. The molecule has 0 fully saturated rings. The van der Waals surface area contributed by atoms with Crippen LogP contribution in [0.5, 0.6) is 11.5 Å². The summed E-state index contributed by atoms with van der Waals surface area (Å²) in [5, 5.41) is 0. The van der Waals surface area contributed by atoms with E-state index in [0.717, 1.165) is 73.6 Å². The second kappa shape index (κ2) is 32.7. The van der Waals surface area contributed by atoms with Crippen molar-refractivity contribution in [2.24, 2.45) is 11.8 Å². The summed E-state index contributed by atoms with van der Waals surface area (Å²) >= 11 is 0. The fourth-order valence-electron chi connectivity index (χ4n) is 9.66. The van der Waals surface area contributed by atoms with Crippen LogP contribution < -0.4 is 9.47 Å². The molecule has 0 heterocycles. The van der Waals surface area contributed by atoms with Crippen LogP contribution in [0.25, 0.3) is 44.5 Å². The zero-order valence-corrected chi connectivity index (χ0v) is 45.3. The maximum absolute atomic E-state index is 14.9. The van der Waals surface area contributed by atoms with E-state index in [9.17, 15) is 17.6 Å². The molecule has 2 unspecified atom stereocenters. The Morgan fingerprint density at radius 2 is 0.644 bits per heavy atom. The molecular weight excluding hydrogens is 913 g/mol. The molecule has 6 rings (SSSR count). The summed E-state index contributed by atoms with van der Waals surface area (Å²) in [4.78, 5) is 0. The average Bonchev–Trinajstić information content (AvgIpc) is 3.40. The van der Waals surface area contributed by atoms with E-state index in [1.54, 1.807) is 24.3 Å². The van der Waals surface area contributed by atoms with Crippen LogP contribution in [-0.2, 0) is 12.8 Å². The van der Waals surface area contributed by atoms with E-state index in [-0.39, 0.29) is 22.6 Å². The third-order valence-corrected chi connectivity index (χ3v) is 14.2. The fourth-order valence-corrected chi connectivity index (χ4v) is 9.66. The molecule has 0 saturated heterocycles. The van der Waals surface area contributed by atoms with Crippen LogP contribution in [0, 0.1) is 35.1 Å². The van der Waals surface area contributed by atoms with Crippen LogP contribution in [0.4, 0.5) is 17.6 Å². The van der Waals surface area contributed by atoms with Crippen molar-refractivity contribution in [3.63, 3.8) is 0 Å². The lowest BCUT2D eigenvalue weighted by atomic mass is 9.98. The second-order valence-electron chi connectivity index (χ2n) is 20.5. The zero-order chi connectivity index (χ0) is 52.2. The number of ether oxygens (including phenoxy) is 2.